The molecule has 1 heteroatoms. The molecule has 0 fully saturated rings. The predicted molar refractivity (Wildman–Crippen MR) is 133 cm³/mol. The molecule has 0 aliphatic heterocycles. The highest BCUT2D eigenvalue weighted by Gasteiger charge is 2.15. The molecule has 0 radical (unpaired) electrons. The van der Waals surface area contributed by atoms with Crippen molar-refractivity contribution in [2.24, 2.45) is 0 Å². The predicted octanol–water partition coefficient (Wildman–Crippen LogP) is 5.78. The number of terminal acetylenes is 2. The maximum atomic E-state index is 5.47. The van der Waals surface area contributed by atoms with Gasteiger partial charge in [0.15, 0.2) is 0 Å². The minimum atomic E-state index is 0.158. The van der Waals surface area contributed by atoms with Gasteiger partial charge in [0.25, 0.3) is 0 Å². The highest BCUT2D eigenvalue weighted by molar-refractivity contribution is 6.83. The van der Waals surface area contributed by atoms with Crippen LogP contribution in [0.5, 0.6) is 0 Å². The molecule has 0 saturated heterocycles. The standard InChI is InChI=1S/C29H25B/c1-6-25-8-12-27(13-9-25)16-18-30(29-23(4)20-22(3)21-24(29)5)19-17-28-14-10-26(7-2)11-15-28/h1-2,8-21H,3-5H3/b18-16+,19-17+. The van der Waals surface area contributed by atoms with Gasteiger partial charge in [0.2, 0.25) is 6.71 Å². The summed E-state index contributed by atoms with van der Waals surface area (Å²) in [5, 5.41) is 0. The van der Waals surface area contributed by atoms with Crippen LogP contribution in [0.15, 0.2) is 72.6 Å². The molecular weight excluding hydrogens is 359 g/mol. The molecule has 0 aliphatic rings. The average molecular weight is 384 g/mol. The van der Waals surface area contributed by atoms with Gasteiger partial charge in [-0.2, -0.15) is 0 Å². The van der Waals surface area contributed by atoms with Crippen LogP contribution in [0, 0.1) is 45.5 Å². The van der Waals surface area contributed by atoms with Crippen LogP contribution in [-0.4, -0.2) is 6.71 Å². The zero-order chi connectivity index (χ0) is 21.5. The molecule has 0 unspecified atom stereocenters. The topological polar surface area (TPSA) is 0 Å². The minimum absolute atomic E-state index is 0.158. The van der Waals surface area contributed by atoms with Gasteiger partial charge in [-0.25, -0.2) is 0 Å². The molecule has 0 aliphatic carbocycles. The molecule has 0 nitrogen and oxygen atoms in total. The smallest absolute Gasteiger partial charge is 0.115 e. The Bertz CT molecular complexity index is 1070. The lowest BCUT2D eigenvalue weighted by molar-refractivity contribution is 1.35. The molecule has 3 aromatic rings. The minimum Gasteiger partial charge on any atom is -0.115 e. The van der Waals surface area contributed by atoms with Gasteiger partial charge in [-0.05, 0) is 56.2 Å². The van der Waals surface area contributed by atoms with E-state index >= 15 is 0 Å². The largest absolute Gasteiger partial charge is 0.227 e. The number of benzene rings is 3. The lowest BCUT2D eigenvalue weighted by Crippen LogP contribution is -2.31. The molecule has 0 amide bonds. The van der Waals surface area contributed by atoms with Crippen molar-refractivity contribution in [2.45, 2.75) is 20.8 Å². The van der Waals surface area contributed by atoms with Crippen LogP contribution in [0.25, 0.3) is 12.2 Å². The summed E-state index contributed by atoms with van der Waals surface area (Å²) in [6.07, 6.45) is 15.3. The second-order valence-electron chi connectivity index (χ2n) is 7.59. The van der Waals surface area contributed by atoms with Crippen LogP contribution < -0.4 is 5.46 Å². The van der Waals surface area contributed by atoms with Gasteiger partial charge >= 0.3 is 0 Å². The van der Waals surface area contributed by atoms with E-state index in [1.807, 2.05) is 24.3 Å². The zero-order valence-electron chi connectivity index (χ0n) is 17.8. The molecule has 0 N–H and O–H groups in total. The number of hydrogen-bond acceptors (Lipinski definition) is 0. The third-order valence-electron chi connectivity index (χ3n) is 5.22. The van der Waals surface area contributed by atoms with E-state index in [9.17, 15) is 0 Å². The molecule has 0 spiro atoms. The van der Waals surface area contributed by atoms with Crippen molar-refractivity contribution in [1.29, 1.82) is 0 Å². The fourth-order valence-corrected chi connectivity index (χ4v) is 3.78. The van der Waals surface area contributed by atoms with E-state index in [-0.39, 0.29) is 6.71 Å². The Labute approximate surface area is 181 Å². The Morgan fingerprint density at radius 1 is 0.667 bits per heavy atom. The maximum Gasteiger partial charge on any atom is 0.227 e. The first-order valence-electron chi connectivity index (χ1n) is 10.1. The zero-order valence-corrected chi connectivity index (χ0v) is 17.8. The van der Waals surface area contributed by atoms with E-state index in [2.05, 4.69) is 93.1 Å². The molecule has 3 rings (SSSR count). The van der Waals surface area contributed by atoms with Gasteiger partial charge < -0.3 is 0 Å². The molecule has 144 valence electrons. The fourth-order valence-electron chi connectivity index (χ4n) is 3.78. The van der Waals surface area contributed by atoms with E-state index in [0.717, 1.165) is 22.3 Å². The van der Waals surface area contributed by atoms with Gasteiger partial charge in [0.05, 0.1) is 0 Å². The van der Waals surface area contributed by atoms with Crippen LogP contribution >= 0.6 is 0 Å². The van der Waals surface area contributed by atoms with Crippen LogP contribution in [0.4, 0.5) is 0 Å². The summed E-state index contributed by atoms with van der Waals surface area (Å²) in [6.45, 7) is 6.68. The van der Waals surface area contributed by atoms with Crippen molar-refractivity contribution in [3.63, 3.8) is 0 Å². The summed E-state index contributed by atoms with van der Waals surface area (Å²) in [5.41, 5.74) is 9.29. The van der Waals surface area contributed by atoms with Gasteiger partial charge in [0.1, 0.15) is 0 Å². The van der Waals surface area contributed by atoms with Crippen LogP contribution in [0.2, 0.25) is 0 Å². The summed E-state index contributed by atoms with van der Waals surface area (Å²) in [4.78, 5) is 0. The second kappa shape index (κ2) is 9.69. The first-order valence-corrected chi connectivity index (χ1v) is 10.1. The van der Waals surface area contributed by atoms with Crippen LogP contribution in [0.1, 0.15) is 38.9 Å². The Balaban J connectivity index is 1.97. The first-order chi connectivity index (χ1) is 14.5. The van der Waals surface area contributed by atoms with Crippen molar-refractivity contribution in [2.75, 3.05) is 0 Å². The molecule has 30 heavy (non-hydrogen) atoms. The first kappa shape index (κ1) is 21.0. The normalized spacial score (nSPS) is 10.8. The van der Waals surface area contributed by atoms with E-state index < -0.39 is 0 Å². The molecular formula is C29H25B. The molecule has 0 saturated carbocycles. The van der Waals surface area contributed by atoms with Gasteiger partial charge in [0, 0.05) is 11.1 Å². The van der Waals surface area contributed by atoms with Crippen molar-refractivity contribution in [3.05, 3.63) is 112 Å². The Hall–Kier alpha value is -3.68. The lowest BCUT2D eigenvalue weighted by atomic mass is 9.43. The SMILES string of the molecule is C#Cc1ccc(/C=C/B(/C=C/c2ccc(C#C)cc2)c2c(C)cc(C)cc2C)cc1. The van der Waals surface area contributed by atoms with Crippen molar-refractivity contribution >= 4 is 24.3 Å². The number of rotatable bonds is 5. The molecule has 0 bridgehead atoms. The van der Waals surface area contributed by atoms with Gasteiger partial charge in [-0.3, -0.25) is 0 Å². The lowest BCUT2D eigenvalue weighted by Gasteiger charge is -2.14. The average Bonchev–Trinajstić information content (AvgIpc) is 2.75. The van der Waals surface area contributed by atoms with E-state index in [0.29, 0.717) is 0 Å². The Morgan fingerprint density at radius 2 is 1.07 bits per heavy atom. The van der Waals surface area contributed by atoms with E-state index in [4.69, 9.17) is 12.8 Å². The highest BCUT2D eigenvalue weighted by Crippen LogP contribution is 2.13. The monoisotopic (exact) mass is 384 g/mol. The van der Waals surface area contributed by atoms with E-state index in [1.54, 1.807) is 0 Å². The molecule has 0 heterocycles. The van der Waals surface area contributed by atoms with E-state index in [1.165, 1.54) is 22.2 Å². The Morgan fingerprint density at radius 3 is 1.43 bits per heavy atom. The van der Waals surface area contributed by atoms with Crippen molar-refractivity contribution in [1.82, 2.24) is 0 Å². The number of hydrogen-bond donors (Lipinski definition) is 0. The fraction of sp³-hybridized carbons (Fsp3) is 0.103. The summed E-state index contributed by atoms with van der Waals surface area (Å²) >= 11 is 0. The second-order valence-corrected chi connectivity index (χ2v) is 7.59. The summed E-state index contributed by atoms with van der Waals surface area (Å²) in [5.74, 6) is 9.83. The van der Waals surface area contributed by atoms with Crippen molar-refractivity contribution < 1.29 is 0 Å². The van der Waals surface area contributed by atoms with Gasteiger partial charge in [-0.1, -0.05) is 82.5 Å². The van der Waals surface area contributed by atoms with Crippen LogP contribution in [-0.2, 0) is 0 Å². The molecule has 3 aromatic carbocycles. The molecule has 0 aromatic heterocycles. The quantitative estimate of drug-likeness (QED) is 0.386. The summed E-state index contributed by atoms with van der Waals surface area (Å²) < 4.78 is 0. The van der Waals surface area contributed by atoms with Crippen LogP contribution in [0.3, 0.4) is 0 Å². The summed E-state index contributed by atoms with van der Waals surface area (Å²) in [6, 6.07) is 20.6. The van der Waals surface area contributed by atoms with Crippen molar-refractivity contribution in [3.8, 4) is 24.7 Å². The number of aryl methyl sites for hydroxylation is 3. The highest BCUT2D eigenvalue weighted by atomic mass is 14.0. The van der Waals surface area contributed by atoms with Gasteiger partial charge in [-0.15, -0.1) is 24.8 Å². The maximum absolute atomic E-state index is 5.47. The molecule has 0 atom stereocenters. The third-order valence-corrected chi connectivity index (χ3v) is 5.22. The third kappa shape index (κ3) is 5.23. The Kier molecular flexibility index (Phi) is 6.80. The summed E-state index contributed by atoms with van der Waals surface area (Å²) in [7, 11) is 0.